The van der Waals surface area contributed by atoms with Gasteiger partial charge in [0.15, 0.2) is 5.69 Å². The van der Waals surface area contributed by atoms with Crippen LogP contribution in [0.5, 0.6) is 0 Å². The highest BCUT2D eigenvalue weighted by molar-refractivity contribution is 6.04. The number of amides is 2. The van der Waals surface area contributed by atoms with Crippen molar-refractivity contribution in [1.29, 1.82) is 0 Å². The van der Waals surface area contributed by atoms with Gasteiger partial charge in [0.1, 0.15) is 0 Å². The molecule has 0 spiro atoms. The van der Waals surface area contributed by atoms with Gasteiger partial charge < -0.3 is 10.2 Å². The van der Waals surface area contributed by atoms with E-state index < -0.39 is 0 Å². The van der Waals surface area contributed by atoms with Crippen molar-refractivity contribution in [2.24, 2.45) is 5.92 Å². The summed E-state index contributed by atoms with van der Waals surface area (Å²) in [7, 11) is 0. The van der Waals surface area contributed by atoms with Crippen molar-refractivity contribution in [3.63, 3.8) is 0 Å². The van der Waals surface area contributed by atoms with E-state index in [1.807, 2.05) is 48.5 Å². The van der Waals surface area contributed by atoms with Gasteiger partial charge in [-0.3, -0.25) is 14.7 Å². The number of nitrogens with one attached hydrogen (secondary N) is 2. The fraction of sp³-hybridized carbons (Fsp3) is 0.318. The average molecular weight is 376 g/mol. The molecule has 2 aromatic carbocycles. The summed E-state index contributed by atoms with van der Waals surface area (Å²) >= 11 is 0. The lowest BCUT2D eigenvalue weighted by molar-refractivity contribution is -0.121. The lowest BCUT2D eigenvalue weighted by Gasteiger charge is -2.31. The first kappa shape index (κ1) is 18.2. The minimum Gasteiger partial charge on any atom is -0.337 e. The predicted molar refractivity (Wildman–Crippen MR) is 109 cm³/mol. The molecule has 0 radical (unpaired) electrons. The fourth-order valence-electron chi connectivity index (χ4n) is 3.69. The van der Waals surface area contributed by atoms with E-state index in [2.05, 4.69) is 22.4 Å². The van der Waals surface area contributed by atoms with Crippen LogP contribution in [0.15, 0.2) is 48.5 Å². The Morgan fingerprint density at radius 3 is 2.54 bits per heavy atom. The van der Waals surface area contributed by atoms with E-state index in [0.29, 0.717) is 31.6 Å². The van der Waals surface area contributed by atoms with Crippen LogP contribution >= 0.6 is 0 Å². The maximum atomic E-state index is 12.8. The van der Waals surface area contributed by atoms with E-state index >= 15 is 0 Å². The molecule has 4 rings (SSSR count). The standard InChI is InChI=1S/C22H24N4O2/c1-2-15-7-9-17(10-8-15)23-21(27)16-11-13-26(14-12-16)22(28)20-18-5-3-4-6-19(18)24-25-20/h3-10,16H,2,11-14H2,1H3,(H,23,27)(H,24,25). The second-order valence-electron chi connectivity index (χ2n) is 7.22. The monoisotopic (exact) mass is 376 g/mol. The van der Waals surface area contributed by atoms with E-state index in [-0.39, 0.29) is 17.7 Å². The van der Waals surface area contributed by atoms with Gasteiger partial charge in [-0.15, -0.1) is 0 Å². The molecular formula is C22H24N4O2. The minimum atomic E-state index is -0.0779. The SMILES string of the molecule is CCc1ccc(NC(=O)C2CCN(C(=O)c3n[nH]c4ccccc34)CC2)cc1. The molecule has 0 aliphatic carbocycles. The molecule has 0 bridgehead atoms. The number of piperidine rings is 1. The number of aromatic nitrogens is 2. The number of carbonyl (C=O) groups is 2. The summed E-state index contributed by atoms with van der Waals surface area (Å²) in [5.74, 6) is -0.126. The van der Waals surface area contributed by atoms with Crippen LogP contribution in [0, 0.1) is 5.92 Å². The lowest BCUT2D eigenvalue weighted by Crippen LogP contribution is -2.41. The number of nitrogens with zero attached hydrogens (tertiary/aromatic N) is 2. The Bertz CT molecular complexity index is 985. The lowest BCUT2D eigenvalue weighted by atomic mass is 9.95. The highest BCUT2D eigenvalue weighted by Crippen LogP contribution is 2.23. The molecule has 0 unspecified atom stereocenters. The second kappa shape index (κ2) is 7.84. The van der Waals surface area contributed by atoms with Crippen LogP contribution < -0.4 is 5.32 Å². The number of para-hydroxylation sites is 1. The summed E-state index contributed by atoms with van der Waals surface area (Å²) in [6.07, 6.45) is 2.30. The van der Waals surface area contributed by atoms with Crippen molar-refractivity contribution in [3.8, 4) is 0 Å². The molecule has 0 saturated carbocycles. The number of benzene rings is 2. The van der Waals surface area contributed by atoms with E-state index in [0.717, 1.165) is 23.0 Å². The summed E-state index contributed by atoms with van der Waals surface area (Å²) in [5.41, 5.74) is 3.38. The normalized spacial score (nSPS) is 15.0. The Kier molecular flexibility index (Phi) is 5.10. The number of carbonyl (C=O) groups excluding carboxylic acids is 2. The number of aromatic amines is 1. The number of anilines is 1. The highest BCUT2D eigenvalue weighted by atomic mass is 16.2. The number of rotatable bonds is 4. The van der Waals surface area contributed by atoms with Crippen LogP contribution in [0.25, 0.3) is 10.9 Å². The second-order valence-corrected chi connectivity index (χ2v) is 7.22. The Morgan fingerprint density at radius 2 is 1.82 bits per heavy atom. The Labute approximate surface area is 163 Å². The molecule has 1 fully saturated rings. The van der Waals surface area contributed by atoms with E-state index in [1.165, 1.54) is 5.56 Å². The molecule has 2 amide bonds. The molecule has 1 aliphatic heterocycles. The average Bonchev–Trinajstić information content (AvgIpc) is 3.18. The van der Waals surface area contributed by atoms with Crippen LogP contribution in [0.3, 0.4) is 0 Å². The van der Waals surface area contributed by atoms with E-state index in [4.69, 9.17) is 0 Å². The van der Waals surface area contributed by atoms with Gasteiger partial charge in [-0.2, -0.15) is 5.10 Å². The van der Waals surface area contributed by atoms with Crippen molar-refractivity contribution in [2.75, 3.05) is 18.4 Å². The molecule has 144 valence electrons. The Hall–Kier alpha value is -3.15. The van der Waals surface area contributed by atoms with Gasteiger partial charge in [-0.1, -0.05) is 37.3 Å². The Balaban J connectivity index is 1.36. The van der Waals surface area contributed by atoms with Gasteiger partial charge in [-0.05, 0) is 43.0 Å². The van der Waals surface area contributed by atoms with E-state index in [1.54, 1.807) is 4.90 Å². The summed E-state index contributed by atoms with van der Waals surface area (Å²) in [5, 5.41) is 10.9. The van der Waals surface area contributed by atoms with Gasteiger partial charge in [0, 0.05) is 30.1 Å². The predicted octanol–water partition coefficient (Wildman–Crippen LogP) is 3.62. The smallest absolute Gasteiger partial charge is 0.274 e. The molecule has 6 nitrogen and oxygen atoms in total. The van der Waals surface area contributed by atoms with E-state index in [9.17, 15) is 9.59 Å². The van der Waals surface area contributed by atoms with Crippen molar-refractivity contribution in [2.45, 2.75) is 26.2 Å². The first-order chi connectivity index (χ1) is 13.7. The zero-order chi connectivity index (χ0) is 19.5. The Morgan fingerprint density at radius 1 is 1.11 bits per heavy atom. The summed E-state index contributed by atoms with van der Waals surface area (Å²) in [6.45, 7) is 3.23. The third-order valence-corrected chi connectivity index (χ3v) is 5.46. The molecule has 3 aromatic rings. The quantitative estimate of drug-likeness (QED) is 0.730. The molecule has 1 aromatic heterocycles. The number of hydrogen-bond acceptors (Lipinski definition) is 3. The highest BCUT2D eigenvalue weighted by Gasteiger charge is 2.29. The molecular weight excluding hydrogens is 352 g/mol. The topological polar surface area (TPSA) is 78.1 Å². The zero-order valence-corrected chi connectivity index (χ0v) is 15.9. The zero-order valence-electron chi connectivity index (χ0n) is 15.9. The third-order valence-electron chi connectivity index (χ3n) is 5.46. The maximum Gasteiger partial charge on any atom is 0.274 e. The van der Waals surface area contributed by atoms with Gasteiger partial charge in [0.2, 0.25) is 5.91 Å². The van der Waals surface area contributed by atoms with Gasteiger partial charge in [0.05, 0.1) is 5.52 Å². The number of H-pyrrole nitrogens is 1. The van der Waals surface area contributed by atoms with Crippen molar-refractivity contribution >= 4 is 28.4 Å². The fourth-order valence-corrected chi connectivity index (χ4v) is 3.69. The first-order valence-corrected chi connectivity index (χ1v) is 9.78. The minimum absolute atomic E-state index is 0.0292. The van der Waals surface area contributed by atoms with Crippen LogP contribution in [0.4, 0.5) is 5.69 Å². The van der Waals surface area contributed by atoms with Crippen molar-refractivity contribution in [1.82, 2.24) is 15.1 Å². The van der Waals surface area contributed by atoms with Crippen LogP contribution in [-0.4, -0.2) is 40.0 Å². The molecule has 0 atom stereocenters. The van der Waals surface area contributed by atoms with Crippen LogP contribution in [0.1, 0.15) is 35.8 Å². The van der Waals surface area contributed by atoms with Gasteiger partial charge in [-0.25, -0.2) is 0 Å². The van der Waals surface area contributed by atoms with Crippen LogP contribution in [-0.2, 0) is 11.2 Å². The van der Waals surface area contributed by atoms with Gasteiger partial charge >= 0.3 is 0 Å². The molecule has 1 aliphatic rings. The summed E-state index contributed by atoms with van der Waals surface area (Å²) in [6, 6.07) is 15.6. The maximum absolute atomic E-state index is 12.8. The van der Waals surface area contributed by atoms with Crippen LogP contribution in [0.2, 0.25) is 0 Å². The summed E-state index contributed by atoms with van der Waals surface area (Å²) in [4.78, 5) is 27.2. The number of fused-ring (bicyclic) bond motifs is 1. The number of likely N-dealkylation sites (tertiary alicyclic amines) is 1. The largest absolute Gasteiger partial charge is 0.337 e. The molecule has 1 saturated heterocycles. The van der Waals surface area contributed by atoms with Gasteiger partial charge in [0.25, 0.3) is 5.91 Å². The molecule has 2 N–H and O–H groups in total. The first-order valence-electron chi connectivity index (χ1n) is 9.78. The molecule has 2 heterocycles. The molecule has 28 heavy (non-hydrogen) atoms. The number of aryl methyl sites for hydroxylation is 1. The van der Waals surface area contributed by atoms with Crippen molar-refractivity contribution in [3.05, 3.63) is 59.8 Å². The molecule has 6 heteroatoms. The number of hydrogen-bond donors (Lipinski definition) is 2. The summed E-state index contributed by atoms with van der Waals surface area (Å²) < 4.78 is 0. The third kappa shape index (κ3) is 3.63. The van der Waals surface area contributed by atoms with Crippen molar-refractivity contribution < 1.29 is 9.59 Å².